The van der Waals surface area contributed by atoms with Crippen molar-refractivity contribution in [3.8, 4) is 0 Å². The first-order valence-corrected chi connectivity index (χ1v) is 10.5. The quantitative estimate of drug-likeness (QED) is 0.591. The lowest BCUT2D eigenvalue weighted by Crippen LogP contribution is -2.37. The van der Waals surface area contributed by atoms with Crippen LogP contribution in [-0.2, 0) is 23.1 Å². The summed E-state index contributed by atoms with van der Waals surface area (Å²) in [6, 6.07) is 8.35. The van der Waals surface area contributed by atoms with Gasteiger partial charge in [0.2, 0.25) is 11.1 Å². The van der Waals surface area contributed by atoms with Gasteiger partial charge < -0.3 is 14.5 Å². The zero-order chi connectivity index (χ0) is 19.9. The number of aromatic nitrogens is 4. The fourth-order valence-corrected chi connectivity index (χ4v) is 3.92. The maximum atomic E-state index is 12.9. The molecule has 0 aliphatic carbocycles. The number of ether oxygens (including phenoxy) is 1. The molecule has 1 aromatic carbocycles. The van der Waals surface area contributed by atoms with Gasteiger partial charge in [0.15, 0.2) is 0 Å². The summed E-state index contributed by atoms with van der Waals surface area (Å²) in [4.78, 5) is 16.9. The third-order valence-electron chi connectivity index (χ3n) is 4.76. The van der Waals surface area contributed by atoms with Crippen LogP contribution in [0.15, 0.2) is 29.4 Å². The summed E-state index contributed by atoms with van der Waals surface area (Å²) < 4.78 is 7.38. The first kappa shape index (κ1) is 20.6. The molecule has 1 aliphatic rings. The lowest BCUT2D eigenvalue weighted by Gasteiger charge is -2.26. The molecule has 0 spiro atoms. The lowest BCUT2D eigenvalue weighted by atomic mass is 10.1. The Balaban J connectivity index is 1.60. The average Bonchev–Trinajstić information content (AvgIpc) is 3.33. The molecule has 0 radical (unpaired) electrons. The zero-order valence-corrected chi connectivity index (χ0v) is 17.6. The number of aryl methyl sites for hydroxylation is 1. The molecule has 1 aromatic heterocycles. The highest BCUT2D eigenvalue weighted by molar-refractivity contribution is 7.99. The van der Waals surface area contributed by atoms with Crippen molar-refractivity contribution in [1.29, 1.82) is 0 Å². The van der Waals surface area contributed by atoms with E-state index in [1.54, 1.807) is 11.7 Å². The normalized spacial score (nSPS) is 16.3. The van der Waals surface area contributed by atoms with Gasteiger partial charge in [0.25, 0.3) is 0 Å². The van der Waals surface area contributed by atoms with Crippen LogP contribution in [0.3, 0.4) is 0 Å². The number of hydrogen-bond donors (Lipinski definition) is 0. The molecule has 1 fully saturated rings. The Hall–Kier alpha value is -2.13. The van der Waals surface area contributed by atoms with Crippen molar-refractivity contribution in [3.05, 3.63) is 29.8 Å². The number of hydrogen-bond acceptors (Lipinski definition) is 7. The molecule has 0 bridgehead atoms. The summed E-state index contributed by atoms with van der Waals surface area (Å²) in [7, 11) is 5.84. The minimum atomic E-state index is 0.134. The van der Waals surface area contributed by atoms with Crippen LogP contribution < -0.4 is 4.90 Å². The number of amides is 1. The van der Waals surface area contributed by atoms with Gasteiger partial charge in [-0.15, -0.1) is 5.10 Å². The average molecular weight is 405 g/mol. The highest BCUT2D eigenvalue weighted by atomic mass is 32.2. The van der Waals surface area contributed by atoms with Crippen molar-refractivity contribution in [2.24, 2.45) is 7.05 Å². The predicted molar refractivity (Wildman–Crippen MR) is 109 cm³/mol. The number of anilines is 1. The monoisotopic (exact) mass is 404 g/mol. The second-order valence-corrected chi connectivity index (χ2v) is 8.22. The number of carbonyl (C=O) groups is 1. The third-order valence-corrected chi connectivity index (χ3v) is 5.77. The van der Waals surface area contributed by atoms with Crippen molar-refractivity contribution >= 4 is 23.4 Å². The maximum Gasteiger partial charge on any atom is 0.223 e. The van der Waals surface area contributed by atoms with E-state index < -0.39 is 0 Å². The van der Waals surface area contributed by atoms with E-state index in [1.165, 1.54) is 11.8 Å². The van der Waals surface area contributed by atoms with Crippen LogP contribution in [0.1, 0.15) is 24.8 Å². The fourth-order valence-electron chi connectivity index (χ4n) is 3.14. The van der Waals surface area contributed by atoms with Crippen LogP contribution in [0.2, 0.25) is 0 Å². The van der Waals surface area contributed by atoms with E-state index in [4.69, 9.17) is 4.74 Å². The van der Waals surface area contributed by atoms with Gasteiger partial charge in [-0.2, -0.15) is 0 Å². The first-order valence-electron chi connectivity index (χ1n) is 9.53. The molecule has 3 rings (SSSR count). The van der Waals surface area contributed by atoms with Crippen LogP contribution in [0.5, 0.6) is 0 Å². The largest absolute Gasteiger partial charge is 0.378 e. The fraction of sp³-hybridized carbons (Fsp3) is 0.579. The van der Waals surface area contributed by atoms with Crippen LogP contribution in [-0.4, -0.2) is 70.1 Å². The van der Waals surface area contributed by atoms with E-state index in [9.17, 15) is 4.79 Å². The predicted octanol–water partition coefficient (Wildman–Crippen LogP) is 1.97. The molecule has 1 atom stereocenters. The molecule has 2 aromatic rings. The van der Waals surface area contributed by atoms with Gasteiger partial charge in [0.05, 0.1) is 6.10 Å². The molecule has 1 unspecified atom stereocenters. The Morgan fingerprint density at radius 3 is 2.71 bits per heavy atom. The van der Waals surface area contributed by atoms with Gasteiger partial charge in [-0.1, -0.05) is 23.9 Å². The number of benzene rings is 1. The molecule has 2 heterocycles. The zero-order valence-electron chi connectivity index (χ0n) is 16.7. The van der Waals surface area contributed by atoms with Gasteiger partial charge in [-0.3, -0.25) is 4.79 Å². The third kappa shape index (κ3) is 5.68. The first-order chi connectivity index (χ1) is 13.5. The summed E-state index contributed by atoms with van der Waals surface area (Å²) in [6.07, 6.45) is 2.67. The summed E-state index contributed by atoms with van der Waals surface area (Å²) in [6.45, 7) is 2.03. The molecule has 1 aliphatic heterocycles. The van der Waals surface area contributed by atoms with Gasteiger partial charge in [-0.05, 0) is 41.0 Å². The Labute approximate surface area is 170 Å². The lowest BCUT2D eigenvalue weighted by molar-refractivity contribution is -0.133. The van der Waals surface area contributed by atoms with Gasteiger partial charge >= 0.3 is 0 Å². The Morgan fingerprint density at radius 2 is 2.11 bits per heavy atom. The van der Waals surface area contributed by atoms with Gasteiger partial charge in [0, 0.05) is 58.7 Å². The summed E-state index contributed by atoms with van der Waals surface area (Å²) in [5.41, 5.74) is 2.27. The highest BCUT2D eigenvalue weighted by Crippen LogP contribution is 2.19. The Kier molecular flexibility index (Phi) is 7.27. The molecule has 152 valence electrons. The van der Waals surface area contributed by atoms with E-state index in [0.29, 0.717) is 25.3 Å². The second-order valence-electron chi connectivity index (χ2n) is 7.15. The van der Waals surface area contributed by atoms with E-state index in [-0.39, 0.29) is 12.0 Å². The van der Waals surface area contributed by atoms with Crippen molar-refractivity contribution in [1.82, 2.24) is 25.1 Å². The summed E-state index contributed by atoms with van der Waals surface area (Å²) in [5, 5.41) is 12.1. The summed E-state index contributed by atoms with van der Waals surface area (Å²) in [5.74, 6) is 0.782. The highest BCUT2D eigenvalue weighted by Gasteiger charge is 2.23. The SMILES string of the molecule is CN(C)c1ccc(CN(CC2CCCO2)C(=O)CCSc2nnnn2C)cc1. The van der Waals surface area contributed by atoms with Crippen molar-refractivity contribution < 1.29 is 9.53 Å². The molecule has 1 saturated heterocycles. The minimum absolute atomic E-state index is 0.134. The van der Waals surface area contributed by atoms with Crippen LogP contribution >= 0.6 is 11.8 Å². The molecular formula is C19H28N6O2S. The standard InChI is InChI=1S/C19H28N6O2S/c1-23(2)16-8-6-15(7-9-16)13-25(14-17-5-4-11-27-17)18(26)10-12-28-19-20-21-22-24(19)3/h6-9,17H,4-5,10-14H2,1-3H3. The smallest absolute Gasteiger partial charge is 0.223 e. The van der Waals surface area contributed by atoms with E-state index >= 15 is 0 Å². The Morgan fingerprint density at radius 1 is 1.32 bits per heavy atom. The van der Waals surface area contributed by atoms with Crippen LogP contribution in [0, 0.1) is 0 Å². The van der Waals surface area contributed by atoms with E-state index in [2.05, 4.69) is 44.7 Å². The molecule has 0 saturated carbocycles. The number of thioether (sulfide) groups is 1. The number of tetrazole rings is 1. The molecule has 28 heavy (non-hydrogen) atoms. The number of rotatable bonds is 9. The number of nitrogens with zero attached hydrogens (tertiary/aromatic N) is 6. The van der Waals surface area contributed by atoms with Crippen LogP contribution in [0.25, 0.3) is 0 Å². The van der Waals surface area contributed by atoms with Crippen molar-refractivity contribution in [2.45, 2.75) is 37.1 Å². The molecule has 0 N–H and O–H groups in total. The number of carbonyl (C=O) groups excluding carboxylic acids is 1. The van der Waals surface area contributed by atoms with E-state index in [1.807, 2.05) is 19.0 Å². The molecule has 9 heteroatoms. The second kappa shape index (κ2) is 9.88. The summed E-state index contributed by atoms with van der Waals surface area (Å²) >= 11 is 1.50. The minimum Gasteiger partial charge on any atom is -0.378 e. The molecule has 8 nitrogen and oxygen atoms in total. The Bertz CT molecular complexity index is 758. The van der Waals surface area contributed by atoms with Crippen molar-refractivity contribution in [2.75, 3.05) is 37.9 Å². The maximum absolute atomic E-state index is 12.9. The van der Waals surface area contributed by atoms with Crippen LogP contribution in [0.4, 0.5) is 5.69 Å². The van der Waals surface area contributed by atoms with E-state index in [0.717, 1.165) is 35.9 Å². The topological polar surface area (TPSA) is 76.4 Å². The molecular weight excluding hydrogens is 376 g/mol. The van der Waals surface area contributed by atoms with Gasteiger partial charge in [-0.25, -0.2) is 4.68 Å². The van der Waals surface area contributed by atoms with Gasteiger partial charge in [0.1, 0.15) is 0 Å². The molecule has 1 amide bonds. The van der Waals surface area contributed by atoms with Crippen molar-refractivity contribution in [3.63, 3.8) is 0 Å².